The van der Waals surface area contributed by atoms with E-state index in [9.17, 15) is 9.59 Å². The first-order valence-corrected chi connectivity index (χ1v) is 13.8. The van der Waals surface area contributed by atoms with Gasteiger partial charge in [0.25, 0.3) is 5.91 Å². The maximum Gasteiger partial charge on any atom is 0.251 e. The molecule has 0 saturated heterocycles. The van der Waals surface area contributed by atoms with Gasteiger partial charge >= 0.3 is 0 Å². The number of nitrogens with zero attached hydrogens (tertiary/aromatic N) is 2. The predicted molar refractivity (Wildman–Crippen MR) is 147 cm³/mol. The molecule has 198 valence electrons. The third-order valence-corrected chi connectivity index (χ3v) is 7.35. The van der Waals surface area contributed by atoms with Gasteiger partial charge in [-0.25, -0.2) is 4.99 Å². The number of hydrogen-bond acceptors (Lipinski definition) is 5. The van der Waals surface area contributed by atoms with E-state index in [0.717, 1.165) is 50.5 Å². The van der Waals surface area contributed by atoms with Crippen molar-refractivity contribution in [2.24, 2.45) is 10.7 Å². The maximum atomic E-state index is 13.3. The van der Waals surface area contributed by atoms with E-state index < -0.39 is 0 Å². The third-order valence-electron chi connectivity index (χ3n) is 7.35. The van der Waals surface area contributed by atoms with Gasteiger partial charge in [-0.15, -0.1) is 0 Å². The van der Waals surface area contributed by atoms with E-state index in [0.29, 0.717) is 24.3 Å². The predicted octanol–water partition coefficient (Wildman–Crippen LogP) is 5.06. The zero-order chi connectivity index (χ0) is 26.4. The Morgan fingerprint density at radius 2 is 1.86 bits per heavy atom. The molecule has 0 fully saturated rings. The van der Waals surface area contributed by atoms with Crippen molar-refractivity contribution in [3.63, 3.8) is 0 Å². The Labute approximate surface area is 220 Å². The molecule has 2 unspecified atom stereocenters. The van der Waals surface area contributed by atoms with E-state index in [2.05, 4.69) is 28.5 Å². The first kappa shape index (κ1) is 26.7. The van der Waals surface area contributed by atoms with Crippen LogP contribution in [0.3, 0.4) is 0 Å². The molecule has 1 aliphatic carbocycles. The van der Waals surface area contributed by atoms with E-state index in [1.165, 1.54) is 21.6 Å². The number of hydrogen-bond donors (Lipinski definition) is 2. The molecule has 2 amide bonds. The fourth-order valence-electron chi connectivity index (χ4n) is 5.47. The summed E-state index contributed by atoms with van der Waals surface area (Å²) in [4.78, 5) is 32.4. The fraction of sp³-hybridized carbons (Fsp3) is 0.500. The molecule has 3 heterocycles. The van der Waals surface area contributed by atoms with Crippen molar-refractivity contribution in [3.05, 3.63) is 64.2 Å². The normalized spacial score (nSPS) is 21.6. The summed E-state index contributed by atoms with van der Waals surface area (Å²) in [6.45, 7) is 6.63. The monoisotopic (exact) mass is 504 g/mol. The lowest BCUT2D eigenvalue weighted by Crippen LogP contribution is -2.46. The molecule has 0 spiro atoms. The van der Waals surface area contributed by atoms with Crippen molar-refractivity contribution in [1.29, 1.82) is 0 Å². The van der Waals surface area contributed by atoms with Gasteiger partial charge in [0.15, 0.2) is 5.96 Å². The van der Waals surface area contributed by atoms with Gasteiger partial charge in [0.05, 0.1) is 25.2 Å². The van der Waals surface area contributed by atoms with Gasteiger partial charge in [-0.2, -0.15) is 0 Å². The fourth-order valence-corrected chi connectivity index (χ4v) is 5.47. The summed E-state index contributed by atoms with van der Waals surface area (Å²) in [5.41, 5.74) is 11.4. The molecule has 0 saturated carbocycles. The summed E-state index contributed by atoms with van der Waals surface area (Å²) in [6.07, 6.45) is 7.32. The molecule has 7 nitrogen and oxygen atoms in total. The van der Waals surface area contributed by atoms with Gasteiger partial charge in [-0.3, -0.25) is 14.5 Å². The van der Waals surface area contributed by atoms with Crippen molar-refractivity contribution in [3.8, 4) is 5.75 Å². The minimum atomic E-state index is -0.123. The number of ether oxygens (including phenoxy) is 1. The van der Waals surface area contributed by atoms with Crippen LogP contribution in [-0.4, -0.2) is 35.3 Å². The summed E-state index contributed by atoms with van der Waals surface area (Å²) in [5, 5.41) is 3.24. The van der Waals surface area contributed by atoms with Crippen molar-refractivity contribution in [2.75, 3.05) is 6.61 Å². The van der Waals surface area contributed by atoms with E-state index in [1.54, 1.807) is 6.07 Å². The number of rotatable bonds is 2. The second-order valence-corrected chi connectivity index (χ2v) is 9.78. The largest absolute Gasteiger partial charge is 0.494 e. The lowest BCUT2D eigenvalue weighted by Gasteiger charge is -2.29. The number of carbonyl (C=O) groups is 2. The van der Waals surface area contributed by atoms with Crippen LogP contribution >= 0.6 is 0 Å². The highest BCUT2D eigenvalue weighted by Gasteiger charge is 2.29. The van der Waals surface area contributed by atoms with Crippen LogP contribution in [-0.2, 0) is 24.2 Å². The van der Waals surface area contributed by atoms with Crippen molar-refractivity contribution in [1.82, 2.24) is 10.2 Å². The van der Waals surface area contributed by atoms with Gasteiger partial charge in [0.2, 0.25) is 5.91 Å². The van der Waals surface area contributed by atoms with E-state index in [1.807, 2.05) is 32.9 Å². The molecule has 0 radical (unpaired) electrons. The molecule has 2 atom stereocenters. The first-order chi connectivity index (χ1) is 18.0. The Morgan fingerprint density at radius 3 is 2.65 bits per heavy atom. The SMILES string of the molecule is CC.CCOc1ccc2cc1CN1C(=O)CC(CCCCCc3ccc4c(c3)C(CC4)NC2=O)N=C1N. The Hall–Kier alpha value is -3.35. The van der Waals surface area contributed by atoms with Gasteiger partial charge in [-0.05, 0) is 73.9 Å². The maximum absolute atomic E-state index is 13.3. The smallest absolute Gasteiger partial charge is 0.251 e. The van der Waals surface area contributed by atoms with Crippen LogP contribution in [0.5, 0.6) is 5.75 Å². The van der Waals surface area contributed by atoms with Crippen molar-refractivity contribution < 1.29 is 14.3 Å². The van der Waals surface area contributed by atoms with Gasteiger partial charge < -0.3 is 15.8 Å². The Bertz CT molecular complexity index is 1160. The lowest BCUT2D eigenvalue weighted by molar-refractivity contribution is -0.128. The second kappa shape index (κ2) is 12.3. The van der Waals surface area contributed by atoms with Crippen LogP contribution in [0.2, 0.25) is 0 Å². The van der Waals surface area contributed by atoms with E-state index >= 15 is 0 Å². The van der Waals surface area contributed by atoms with Crippen LogP contribution < -0.4 is 15.8 Å². The lowest BCUT2D eigenvalue weighted by atomic mass is 9.99. The van der Waals surface area contributed by atoms with E-state index in [-0.39, 0.29) is 36.4 Å². The van der Waals surface area contributed by atoms with Gasteiger partial charge in [-0.1, -0.05) is 44.9 Å². The second-order valence-electron chi connectivity index (χ2n) is 9.78. The summed E-state index contributed by atoms with van der Waals surface area (Å²) < 4.78 is 5.81. The molecule has 3 N–H and O–H groups in total. The number of aryl methyl sites for hydroxylation is 2. The first-order valence-electron chi connectivity index (χ1n) is 13.8. The molecule has 2 aromatic carbocycles. The highest BCUT2D eigenvalue weighted by molar-refractivity contribution is 5.98. The number of fused-ring (bicyclic) bond motifs is 6. The molecule has 4 aliphatic rings. The highest BCUT2D eigenvalue weighted by atomic mass is 16.5. The number of benzene rings is 2. The summed E-state index contributed by atoms with van der Waals surface area (Å²) >= 11 is 0. The van der Waals surface area contributed by atoms with Crippen molar-refractivity contribution in [2.45, 2.75) is 90.8 Å². The molecular formula is C30H40N4O3. The summed E-state index contributed by atoms with van der Waals surface area (Å²) in [5.74, 6) is 0.735. The average molecular weight is 505 g/mol. The molecular weight excluding hydrogens is 464 g/mol. The Kier molecular flexibility index (Phi) is 8.85. The van der Waals surface area contributed by atoms with Gasteiger partial charge in [0.1, 0.15) is 5.75 Å². The average Bonchev–Trinajstić information content (AvgIpc) is 3.29. The van der Waals surface area contributed by atoms with Gasteiger partial charge in [0, 0.05) is 17.5 Å². The Balaban J connectivity index is 0.00000156. The van der Waals surface area contributed by atoms with Crippen LogP contribution in [0.25, 0.3) is 0 Å². The molecule has 6 bridgehead atoms. The van der Waals surface area contributed by atoms with Crippen LogP contribution in [0.15, 0.2) is 41.4 Å². The highest BCUT2D eigenvalue weighted by Crippen LogP contribution is 2.33. The minimum Gasteiger partial charge on any atom is -0.494 e. The molecule has 37 heavy (non-hydrogen) atoms. The summed E-state index contributed by atoms with van der Waals surface area (Å²) in [7, 11) is 0. The molecule has 0 aromatic heterocycles. The van der Waals surface area contributed by atoms with Crippen LogP contribution in [0.4, 0.5) is 0 Å². The Morgan fingerprint density at radius 1 is 1.03 bits per heavy atom. The third kappa shape index (κ3) is 6.14. The molecule has 6 rings (SSSR count). The number of nitrogens with one attached hydrogen (secondary N) is 1. The zero-order valence-electron chi connectivity index (χ0n) is 22.4. The molecule has 7 heteroatoms. The minimum absolute atomic E-state index is 0.0123. The number of aliphatic imine (C=N–C) groups is 1. The summed E-state index contributed by atoms with van der Waals surface area (Å²) in [6, 6.07) is 12.1. The number of nitrogens with two attached hydrogens (primary N) is 1. The van der Waals surface area contributed by atoms with Crippen LogP contribution in [0.1, 0.15) is 97.9 Å². The number of guanidine groups is 1. The van der Waals surface area contributed by atoms with Crippen molar-refractivity contribution >= 4 is 17.8 Å². The number of amides is 2. The quantitative estimate of drug-likeness (QED) is 0.597. The standard InChI is InChI=1S/C28H34N4O3.C2H6/c1-2-35-25-13-11-20-15-21(25)17-32-26(33)16-22(30-28(32)29)7-5-3-4-6-18-8-9-19-10-12-24(23(19)14-18)31-27(20)34;1-2/h8-9,11,13-15,22,24H,2-7,10,12,16-17H2,1H3,(H2,29,30)(H,31,34);1-2H3. The number of carbonyl (C=O) groups excluding carboxylic acids is 2. The molecule has 2 aromatic rings. The molecule has 3 aliphatic heterocycles. The van der Waals surface area contributed by atoms with Crippen LogP contribution in [0, 0.1) is 0 Å². The van der Waals surface area contributed by atoms with E-state index in [4.69, 9.17) is 10.5 Å². The zero-order valence-corrected chi connectivity index (χ0v) is 22.4. The topological polar surface area (TPSA) is 97.0 Å².